The summed E-state index contributed by atoms with van der Waals surface area (Å²) >= 11 is 0. The van der Waals surface area contributed by atoms with Crippen molar-refractivity contribution in [2.75, 3.05) is 13.1 Å². The molecule has 0 saturated carbocycles. The Bertz CT molecular complexity index is 193. The van der Waals surface area contributed by atoms with E-state index >= 15 is 0 Å². The van der Waals surface area contributed by atoms with Crippen molar-refractivity contribution < 1.29 is 9.59 Å². The summed E-state index contributed by atoms with van der Waals surface area (Å²) in [4.78, 5) is 23.4. The first-order valence-corrected chi connectivity index (χ1v) is 4.29. The molecule has 0 aliphatic carbocycles. The SMILES string of the molecule is CC(=O)N1CCC(C)(C=O)CC1. The third kappa shape index (κ3) is 1.84. The Balaban J connectivity index is 2.49. The molecule has 0 unspecified atom stereocenters. The van der Waals surface area contributed by atoms with Gasteiger partial charge < -0.3 is 9.69 Å². The molecule has 68 valence electrons. The molecule has 0 spiro atoms. The lowest BCUT2D eigenvalue weighted by Gasteiger charge is -2.35. The molecule has 1 heterocycles. The summed E-state index contributed by atoms with van der Waals surface area (Å²) in [7, 11) is 0. The van der Waals surface area contributed by atoms with Gasteiger partial charge in [-0.1, -0.05) is 6.92 Å². The molecule has 1 fully saturated rings. The molecule has 1 aliphatic heterocycles. The maximum atomic E-state index is 10.9. The van der Waals surface area contributed by atoms with E-state index in [-0.39, 0.29) is 11.3 Å². The van der Waals surface area contributed by atoms with Crippen LogP contribution in [0.15, 0.2) is 0 Å². The Kier molecular flexibility index (Phi) is 2.50. The summed E-state index contributed by atoms with van der Waals surface area (Å²) in [6, 6.07) is 0. The summed E-state index contributed by atoms with van der Waals surface area (Å²) in [6.45, 7) is 4.98. The first-order valence-electron chi connectivity index (χ1n) is 4.29. The van der Waals surface area contributed by atoms with Gasteiger partial charge in [0.2, 0.25) is 5.91 Å². The topological polar surface area (TPSA) is 37.4 Å². The second-order valence-electron chi connectivity index (χ2n) is 3.78. The summed E-state index contributed by atoms with van der Waals surface area (Å²) in [5.41, 5.74) is -0.189. The van der Waals surface area contributed by atoms with Crippen molar-refractivity contribution in [3.8, 4) is 0 Å². The van der Waals surface area contributed by atoms with Gasteiger partial charge in [-0.05, 0) is 12.8 Å². The minimum atomic E-state index is -0.189. The van der Waals surface area contributed by atoms with Crippen LogP contribution in [0.3, 0.4) is 0 Å². The van der Waals surface area contributed by atoms with Gasteiger partial charge in [0.05, 0.1) is 0 Å². The molecule has 1 saturated heterocycles. The standard InChI is InChI=1S/C9H15NO2/c1-8(12)10-5-3-9(2,7-11)4-6-10/h7H,3-6H2,1-2H3. The lowest BCUT2D eigenvalue weighted by atomic mass is 9.82. The molecule has 0 N–H and O–H groups in total. The molecule has 0 atom stereocenters. The highest BCUT2D eigenvalue weighted by Crippen LogP contribution is 2.27. The molecule has 1 rings (SSSR count). The fourth-order valence-electron chi connectivity index (χ4n) is 1.45. The maximum Gasteiger partial charge on any atom is 0.219 e. The van der Waals surface area contributed by atoms with E-state index in [9.17, 15) is 9.59 Å². The molecule has 1 aliphatic rings. The quantitative estimate of drug-likeness (QED) is 0.545. The van der Waals surface area contributed by atoms with E-state index in [1.165, 1.54) is 0 Å². The second-order valence-corrected chi connectivity index (χ2v) is 3.78. The predicted octanol–water partition coefficient (Wildman–Crippen LogP) is 0.834. The highest BCUT2D eigenvalue weighted by atomic mass is 16.2. The highest BCUT2D eigenvalue weighted by Gasteiger charge is 2.30. The van der Waals surface area contributed by atoms with Crippen LogP contribution in [0.5, 0.6) is 0 Å². The van der Waals surface area contributed by atoms with E-state index in [1.807, 2.05) is 6.92 Å². The highest BCUT2D eigenvalue weighted by molar-refractivity contribution is 5.73. The molecular weight excluding hydrogens is 154 g/mol. The molecule has 3 heteroatoms. The zero-order valence-corrected chi connectivity index (χ0v) is 7.67. The molecule has 3 nitrogen and oxygen atoms in total. The minimum absolute atomic E-state index is 0.114. The number of hydrogen-bond donors (Lipinski definition) is 0. The number of rotatable bonds is 1. The van der Waals surface area contributed by atoms with Gasteiger partial charge in [-0.2, -0.15) is 0 Å². The van der Waals surface area contributed by atoms with E-state index < -0.39 is 0 Å². The zero-order chi connectivity index (χ0) is 9.19. The summed E-state index contributed by atoms with van der Waals surface area (Å²) < 4.78 is 0. The number of hydrogen-bond acceptors (Lipinski definition) is 2. The first-order chi connectivity index (χ1) is 5.57. The van der Waals surface area contributed by atoms with Crippen molar-refractivity contribution in [1.82, 2.24) is 4.90 Å². The predicted molar refractivity (Wildman–Crippen MR) is 45.7 cm³/mol. The molecule has 1 amide bonds. The average molecular weight is 169 g/mol. The third-order valence-electron chi connectivity index (χ3n) is 2.64. The van der Waals surface area contributed by atoms with Crippen LogP contribution in [-0.2, 0) is 9.59 Å². The number of carbonyl (C=O) groups excluding carboxylic acids is 2. The van der Waals surface area contributed by atoms with Gasteiger partial charge in [0.15, 0.2) is 0 Å². The molecule has 0 aromatic heterocycles. The van der Waals surface area contributed by atoms with E-state index in [1.54, 1.807) is 11.8 Å². The van der Waals surface area contributed by atoms with Gasteiger partial charge in [0.25, 0.3) is 0 Å². The van der Waals surface area contributed by atoms with E-state index in [2.05, 4.69) is 0 Å². The van der Waals surface area contributed by atoms with Crippen LogP contribution in [0.4, 0.5) is 0 Å². The number of piperidine rings is 1. The molecular formula is C9H15NO2. The average Bonchev–Trinajstić information content (AvgIpc) is 2.05. The van der Waals surface area contributed by atoms with Crippen molar-refractivity contribution in [3.05, 3.63) is 0 Å². The van der Waals surface area contributed by atoms with E-state index in [4.69, 9.17) is 0 Å². The van der Waals surface area contributed by atoms with Gasteiger partial charge in [0.1, 0.15) is 6.29 Å². The monoisotopic (exact) mass is 169 g/mol. The number of nitrogens with zero attached hydrogens (tertiary/aromatic N) is 1. The van der Waals surface area contributed by atoms with Crippen LogP contribution in [0.2, 0.25) is 0 Å². The van der Waals surface area contributed by atoms with Gasteiger partial charge in [-0.15, -0.1) is 0 Å². The first kappa shape index (κ1) is 9.23. The fraction of sp³-hybridized carbons (Fsp3) is 0.778. The largest absolute Gasteiger partial charge is 0.343 e. The Morgan fingerprint density at radius 2 is 1.92 bits per heavy atom. The Hall–Kier alpha value is -0.860. The van der Waals surface area contributed by atoms with Crippen molar-refractivity contribution >= 4 is 12.2 Å². The molecule has 0 radical (unpaired) electrons. The Morgan fingerprint density at radius 1 is 1.42 bits per heavy atom. The van der Waals surface area contributed by atoms with Crippen LogP contribution in [0.1, 0.15) is 26.7 Å². The lowest BCUT2D eigenvalue weighted by Crippen LogP contribution is -2.41. The van der Waals surface area contributed by atoms with Crippen LogP contribution in [0.25, 0.3) is 0 Å². The molecule has 0 bridgehead atoms. The number of likely N-dealkylation sites (tertiary alicyclic amines) is 1. The zero-order valence-electron chi connectivity index (χ0n) is 7.67. The third-order valence-corrected chi connectivity index (χ3v) is 2.64. The second kappa shape index (κ2) is 3.25. The minimum Gasteiger partial charge on any atom is -0.343 e. The van der Waals surface area contributed by atoms with Crippen LogP contribution in [-0.4, -0.2) is 30.2 Å². The van der Waals surface area contributed by atoms with Gasteiger partial charge >= 0.3 is 0 Å². The molecule has 12 heavy (non-hydrogen) atoms. The van der Waals surface area contributed by atoms with Crippen molar-refractivity contribution in [2.45, 2.75) is 26.7 Å². The van der Waals surface area contributed by atoms with Crippen LogP contribution in [0, 0.1) is 5.41 Å². The fourth-order valence-corrected chi connectivity index (χ4v) is 1.45. The van der Waals surface area contributed by atoms with Gasteiger partial charge in [-0.25, -0.2) is 0 Å². The van der Waals surface area contributed by atoms with Gasteiger partial charge in [0, 0.05) is 25.4 Å². The number of aldehydes is 1. The van der Waals surface area contributed by atoms with Crippen LogP contribution < -0.4 is 0 Å². The number of carbonyl (C=O) groups is 2. The van der Waals surface area contributed by atoms with E-state index in [0.29, 0.717) is 0 Å². The Morgan fingerprint density at radius 3 is 2.25 bits per heavy atom. The van der Waals surface area contributed by atoms with Crippen molar-refractivity contribution in [1.29, 1.82) is 0 Å². The van der Waals surface area contributed by atoms with E-state index in [0.717, 1.165) is 32.2 Å². The van der Waals surface area contributed by atoms with Crippen molar-refractivity contribution in [2.24, 2.45) is 5.41 Å². The van der Waals surface area contributed by atoms with Gasteiger partial charge in [-0.3, -0.25) is 4.79 Å². The Labute approximate surface area is 72.7 Å². The maximum absolute atomic E-state index is 10.9. The summed E-state index contributed by atoms with van der Waals surface area (Å²) in [5, 5.41) is 0. The van der Waals surface area contributed by atoms with Crippen LogP contribution >= 0.6 is 0 Å². The summed E-state index contributed by atoms with van der Waals surface area (Å²) in [6.07, 6.45) is 2.62. The molecule has 0 aromatic rings. The summed E-state index contributed by atoms with van der Waals surface area (Å²) in [5.74, 6) is 0.114. The number of amides is 1. The van der Waals surface area contributed by atoms with Crippen molar-refractivity contribution in [3.63, 3.8) is 0 Å². The smallest absolute Gasteiger partial charge is 0.219 e. The normalized spacial score (nSPS) is 22.0. The molecule has 0 aromatic carbocycles. The lowest BCUT2D eigenvalue weighted by molar-refractivity contribution is -0.133.